The molecule has 0 aromatic rings. The Morgan fingerprint density at radius 3 is 2.20 bits per heavy atom. The minimum Gasteiger partial charge on any atom is -0.389 e. The maximum absolute atomic E-state index is 12.2. The molecule has 1 N–H and O–H groups in total. The van der Waals surface area contributed by atoms with Gasteiger partial charge in [-0.25, -0.2) is 0 Å². The molecule has 0 aromatic heterocycles. The zero-order chi connectivity index (χ0) is 11.5. The molecule has 15 heavy (non-hydrogen) atoms. The molecule has 1 rings (SSSR count). The molecule has 1 aliphatic rings. The van der Waals surface area contributed by atoms with Crippen LogP contribution in [0.15, 0.2) is 0 Å². The molecule has 2 nitrogen and oxygen atoms in total. The number of likely N-dealkylation sites (N-methyl/N-ethyl adjacent to an activating group) is 1. The van der Waals surface area contributed by atoms with E-state index in [2.05, 4.69) is 0 Å². The minimum absolute atomic E-state index is 0.142. The Kier molecular flexibility index (Phi) is 4.00. The van der Waals surface area contributed by atoms with Gasteiger partial charge in [0.15, 0.2) is 0 Å². The number of halogens is 3. The first-order chi connectivity index (χ1) is 6.85. The van der Waals surface area contributed by atoms with Crippen molar-refractivity contribution in [3.63, 3.8) is 0 Å². The van der Waals surface area contributed by atoms with E-state index in [-0.39, 0.29) is 6.54 Å². The third-order valence-electron chi connectivity index (χ3n) is 2.90. The highest BCUT2D eigenvalue weighted by Gasteiger charge is 2.36. The number of rotatable bonds is 4. The van der Waals surface area contributed by atoms with Crippen molar-refractivity contribution in [3.05, 3.63) is 0 Å². The van der Waals surface area contributed by atoms with Crippen LogP contribution < -0.4 is 0 Å². The van der Waals surface area contributed by atoms with Gasteiger partial charge in [-0.1, -0.05) is 19.8 Å². The van der Waals surface area contributed by atoms with Gasteiger partial charge >= 0.3 is 6.18 Å². The van der Waals surface area contributed by atoms with Crippen LogP contribution in [-0.2, 0) is 0 Å². The summed E-state index contributed by atoms with van der Waals surface area (Å²) in [5.74, 6) is 0. The lowest BCUT2D eigenvalue weighted by molar-refractivity contribution is -0.151. The molecule has 1 saturated carbocycles. The molecule has 0 spiro atoms. The Morgan fingerprint density at radius 2 is 1.80 bits per heavy atom. The summed E-state index contributed by atoms with van der Waals surface area (Å²) in [5.41, 5.74) is -0.888. The highest BCUT2D eigenvalue weighted by molar-refractivity contribution is 4.87. The van der Waals surface area contributed by atoms with Crippen molar-refractivity contribution >= 4 is 0 Å². The van der Waals surface area contributed by atoms with E-state index in [1.807, 2.05) is 0 Å². The molecular formula is C10H18F3NO. The third-order valence-corrected chi connectivity index (χ3v) is 2.90. The summed E-state index contributed by atoms with van der Waals surface area (Å²) in [6, 6.07) is 0. The van der Waals surface area contributed by atoms with Crippen LogP contribution in [0.3, 0.4) is 0 Å². The van der Waals surface area contributed by atoms with Gasteiger partial charge in [-0.05, 0) is 19.4 Å². The molecule has 0 saturated heterocycles. The zero-order valence-corrected chi connectivity index (χ0v) is 8.98. The Bertz CT molecular complexity index is 199. The van der Waals surface area contributed by atoms with E-state index in [4.69, 9.17) is 0 Å². The summed E-state index contributed by atoms with van der Waals surface area (Å²) in [6.45, 7) is 1.22. The maximum atomic E-state index is 12.2. The van der Waals surface area contributed by atoms with Crippen LogP contribution in [0.2, 0.25) is 0 Å². The van der Waals surface area contributed by atoms with Crippen LogP contribution in [0.5, 0.6) is 0 Å². The average molecular weight is 225 g/mol. The standard InChI is InChI=1S/C10H18F3NO/c1-2-14(8-10(11,12)13)7-9(15)5-3-4-6-9/h15H,2-8H2,1H3. The van der Waals surface area contributed by atoms with Crippen molar-refractivity contribution in [2.24, 2.45) is 0 Å². The summed E-state index contributed by atoms with van der Waals surface area (Å²) in [6.07, 6.45) is -1.09. The predicted octanol–water partition coefficient (Wildman–Crippen LogP) is 2.18. The lowest BCUT2D eigenvalue weighted by Gasteiger charge is -2.30. The lowest BCUT2D eigenvalue weighted by Crippen LogP contribution is -2.44. The second kappa shape index (κ2) is 4.70. The molecule has 0 radical (unpaired) electrons. The number of hydrogen-bond donors (Lipinski definition) is 1. The van der Waals surface area contributed by atoms with E-state index in [0.717, 1.165) is 12.8 Å². The van der Waals surface area contributed by atoms with Crippen LogP contribution in [0, 0.1) is 0 Å². The van der Waals surface area contributed by atoms with E-state index in [1.54, 1.807) is 6.92 Å². The van der Waals surface area contributed by atoms with Crippen molar-refractivity contribution in [2.75, 3.05) is 19.6 Å². The first-order valence-corrected chi connectivity index (χ1v) is 5.36. The Labute approximate surface area is 88.1 Å². The number of hydrogen-bond acceptors (Lipinski definition) is 2. The Hall–Kier alpha value is -0.290. The predicted molar refractivity (Wildman–Crippen MR) is 51.6 cm³/mol. The van der Waals surface area contributed by atoms with Gasteiger partial charge in [0.05, 0.1) is 12.1 Å². The molecular weight excluding hydrogens is 207 g/mol. The maximum Gasteiger partial charge on any atom is 0.401 e. The van der Waals surface area contributed by atoms with Crippen molar-refractivity contribution in [1.82, 2.24) is 4.90 Å². The fourth-order valence-electron chi connectivity index (χ4n) is 2.14. The van der Waals surface area contributed by atoms with Crippen LogP contribution in [-0.4, -0.2) is 41.4 Å². The molecule has 0 bridgehead atoms. The van der Waals surface area contributed by atoms with Gasteiger partial charge < -0.3 is 5.11 Å². The fourth-order valence-corrected chi connectivity index (χ4v) is 2.14. The third kappa shape index (κ3) is 4.38. The summed E-state index contributed by atoms with van der Waals surface area (Å²) >= 11 is 0. The molecule has 1 fully saturated rings. The first-order valence-electron chi connectivity index (χ1n) is 5.36. The molecule has 90 valence electrons. The van der Waals surface area contributed by atoms with Crippen molar-refractivity contribution < 1.29 is 18.3 Å². The Balaban J connectivity index is 2.46. The molecule has 0 aliphatic heterocycles. The van der Waals surface area contributed by atoms with Crippen molar-refractivity contribution in [3.8, 4) is 0 Å². The monoisotopic (exact) mass is 225 g/mol. The van der Waals surface area contributed by atoms with Crippen molar-refractivity contribution in [2.45, 2.75) is 44.4 Å². The van der Waals surface area contributed by atoms with E-state index in [1.165, 1.54) is 4.90 Å². The summed E-state index contributed by atoms with van der Waals surface area (Å²) in [7, 11) is 0. The van der Waals surface area contributed by atoms with Gasteiger partial charge in [-0.2, -0.15) is 13.2 Å². The largest absolute Gasteiger partial charge is 0.401 e. The van der Waals surface area contributed by atoms with E-state index >= 15 is 0 Å². The highest BCUT2D eigenvalue weighted by atomic mass is 19.4. The van der Waals surface area contributed by atoms with Crippen LogP contribution in [0.25, 0.3) is 0 Å². The number of nitrogens with zero attached hydrogens (tertiary/aromatic N) is 1. The quantitative estimate of drug-likeness (QED) is 0.792. The minimum atomic E-state index is -4.18. The van der Waals surface area contributed by atoms with E-state index in [0.29, 0.717) is 19.4 Å². The lowest BCUT2D eigenvalue weighted by atomic mass is 10.0. The molecule has 0 atom stereocenters. The summed E-state index contributed by atoms with van der Waals surface area (Å²) in [5, 5.41) is 9.98. The molecule has 0 amide bonds. The summed E-state index contributed by atoms with van der Waals surface area (Å²) in [4.78, 5) is 1.27. The van der Waals surface area contributed by atoms with Crippen molar-refractivity contribution in [1.29, 1.82) is 0 Å². The number of aliphatic hydroxyl groups is 1. The second-order valence-corrected chi connectivity index (χ2v) is 4.35. The zero-order valence-electron chi connectivity index (χ0n) is 8.98. The number of alkyl halides is 3. The molecule has 0 aromatic carbocycles. The Morgan fingerprint density at radius 1 is 1.27 bits per heavy atom. The van der Waals surface area contributed by atoms with Gasteiger partial charge in [0.2, 0.25) is 0 Å². The topological polar surface area (TPSA) is 23.5 Å². The van der Waals surface area contributed by atoms with Gasteiger partial charge in [-0.15, -0.1) is 0 Å². The molecule has 1 aliphatic carbocycles. The van der Waals surface area contributed by atoms with Gasteiger partial charge in [0.25, 0.3) is 0 Å². The SMILES string of the molecule is CCN(CC(F)(F)F)CC1(O)CCCC1. The molecule has 0 heterocycles. The van der Waals surface area contributed by atoms with Gasteiger partial charge in [0.1, 0.15) is 0 Å². The normalized spacial score (nSPS) is 21.2. The van der Waals surface area contributed by atoms with E-state index < -0.39 is 18.3 Å². The average Bonchev–Trinajstić information content (AvgIpc) is 2.48. The highest BCUT2D eigenvalue weighted by Crippen LogP contribution is 2.30. The fraction of sp³-hybridized carbons (Fsp3) is 1.00. The van der Waals surface area contributed by atoms with Crippen LogP contribution >= 0.6 is 0 Å². The second-order valence-electron chi connectivity index (χ2n) is 4.35. The summed E-state index contributed by atoms with van der Waals surface area (Å²) < 4.78 is 36.5. The van der Waals surface area contributed by atoms with Crippen LogP contribution in [0.1, 0.15) is 32.6 Å². The smallest absolute Gasteiger partial charge is 0.389 e. The van der Waals surface area contributed by atoms with Crippen LogP contribution in [0.4, 0.5) is 13.2 Å². The molecule has 5 heteroatoms. The first kappa shape index (κ1) is 12.8. The van der Waals surface area contributed by atoms with Gasteiger partial charge in [0, 0.05) is 6.54 Å². The van der Waals surface area contributed by atoms with Gasteiger partial charge in [-0.3, -0.25) is 4.90 Å². The molecule has 0 unspecified atom stereocenters. The van der Waals surface area contributed by atoms with E-state index in [9.17, 15) is 18.3 Å².